The molecule has 0 aliphatic rings. The van der Waals surface area contributed by atoms with Crippen molar-refractivity contribution in [2.45, 2.75) is 12.5 Å². The predicted octanol–water partition coefficient (Wildman–Crippen LogP) is 1.68. The first kappa shape index (κ1) is 12.8. The molecule has 16 heavy (non-hydrogen) atoms. The number of methoxy groups -OCH3 is 1. The summed E-state index contributed by atoms with van der Waals surface area (Å²) in [4.78, 5) is 11.2. The van der Waals surface area contributed by atoms with Crippen LogP contribution in [0.15, 0.2) is 24.3 Å². The van der Waals surface area contributed by atoms with E-state index in [-0.39, 0.29) is 6.54 Å². The third kappa shape index (κ3) is 3.40. The molecule has 0 bridgehead atoms. The second kappa shape index (κ2) is 5.18. The Morgan fingerprint density at radius 2 is 2.06 bits per heavy atom. The van der Waals surface area contributed by atoms with Crippen LogP contribution in [0.25, 0.3) is 0 Å². The number of carbonyl (C=O) groups excluding carboxylic acids is 1. The van der Waals surface area contributed by atoms with Crippen LogP contribution in [0.1, 0.15) is 6.92 Å². The standard InChI is InChI=1S/C11H14ClNO3/c1-11(15,10(14)16-2)7-13-9-5-3-8(12)4-6-9/h3-6,13,15H,7H2,1-2H3. The van der Waals surface area contributed by atoms with E-state index in [1.807, 2.05) is 0 Å². The molecule has 0 aromatic heterocycles. The second-order valence-corrected chi connectivity index (χ2v) is 4.06. The van der Waals surface area contributed by atoms with Crippen LogP contribution in [0.4, 0.5) is 5.69 Å². The molecule has 4 nitrogen and oxygen atoms in total. The van der Waals surface area contributed by atoms with E-state index in [0.717, 1.165) is 5.69 Å². The molecule has 0 aliphatic carbocycles. The lowest BCUT2D eigenvalue weighted by molar-refractivity contribution is -0.158. The van der Waals surface area contributed by atoms with Gasteiger partial charge in [-0.15, -0.1) is 0 Å². The van der Waals surface area contributed by atoms with E-state index in [4.69, 9.17) is 11.6 Å². The van der Waals surface area contributed by atoms with Gasteiger partial charge in [0.25, 0.3) is 0 Å². The maximum Gasteiger partial charge on any atom is 0.339 e. The number of hydrogen-bond acceptors (Lipinski definition) is 4. The number of halogens is 1. The molecule has 1 aromatic carbocycles. The molecule has 0 radical (unpaired) electrons. The van der Waals surface area contributed by atoms with Gasteiger partial charge in [-0.05, 0) is 31.2 Å². The number of ether oxygens (including phenoxy) is 1. The van der Waals surface area contributed by atoms with Crippen LogP contribution in [-0.4, -0.2) is 30.3 Å². The topological polar surface area (TPSA) is 58.6 Å². The molecule has 2 N–H and O–H groups in total. The Balaban J connectivity index is 2.57. The highest BCUT2D eigenvalue weighted by atomic mass is 35.5. The third-order valence-electron chi connectivity index (χ3n) is 2.11. The minimum Gasteiger partial charge on any atom is -0.467 e. The summed E-state index contributed by atoms with van der Waals surface area (Å²) in [6, 6.07) is 6.96. The van der Waals surface area contributed by atoms with Crippen molar-refractivity contribution < 1.29 is 14.6 Å². The lowest BCUT2D eigenvalue weighted by Gasteiger charge is -2.21. The van der Waals surface area contributed by atoms with Crippen LogP contribution < -0.4 is 5.32 Å². The molecule has 5 heteroatoms. The van der Waals surface area contributed by atoms with Gasteiger partial charge in [0, 0.05) is 10.7 Å². The number of anilines is 1. The molecule has 0 amide bonds. The fraction of sp³-hybridized carbons (Fsp3) is 0.364. The lowest BCUT2D eigenvalue weighted by Crippen LogP contribution is -2.42. The van der Waals surface area contributed by atoms with Gasteiger partial charge in [-0.2, -0.15) is 0 Å². The molecule has 1 rings (SSSR count). The van der Waals surface area contributed by atoms with Crippen molar-refractivity contribution in [3.05, 3.63) is 29.3 Å². The first-order valence-corrected chi connectivity index (χ1v) is 5.14. The maximum absolute atomic E-state index is 11.2. The zero-order valence-electron chi connectivity index (χ0n) is 9.16. The zero-order chi connectivity index (χ0) is 12.2. The Morgan fingerprint density at radius 3 is 2.56 bits per heavy atom. The summed E-state index contributed by atoms with van der Waals surface area (Å²) in [6.07, 6.45) is 0. The SMILES string of the molecule is COC(=O)C(C)(O)CNc1ccc(Cl)cc1. The van der Waals surface area contributed by atoms with Crippen molar-refractivity contribution in [1.29, 1.82) is 0 Å². The molecular formula is C11H14ClNO3. The van der Waals surface area contributed by atoms with Gasteiger partial charge >= 0.3 is 5.97 Å². The molecule has 88 valence electrons. The Bertz CT molecular complexity index is 362. The van der Waals surface area contributed by atoms with Gasteiger partial charge < -0.3 is 15.2 Å². The van der Waals surface area contributed by atoms with Gasteiger partial charge in [0.2, 0.25) is 0 Å². The van der Waals surface area contributed by atoms with Crippen molar-refractivity contribution >= 4 is 23.3 Å². The van der Waals surface area contributed by atoms with E-state index < -0.39 is 11.6 Å². The van der Waals surface area contributed by atoms with E-state index in [0.29, 0.717) is 5.02 Å². The van der Waals surface area contributed by atoms with E-state index >= 15 is 0 Å². The molecule has 1 aromatic rings. The Labute approximate surface area is 99.2 Å². The van der Waals surface area contributed by atoms with Gasteiger partial charge in [-0.25, -0.2) is 4.79 Å². The minimum absolute atomic E-state index is 0.0707. The highest BCUT2D eigenvalue weighted by molar-refractivity contribution is 6.30. The average molecular weight is 244 g/mol. The largest absolute Gasteiger partial charge is 0.467 e. The minimum atomic E-state index is -1.55. The molecule has 1 atom stereocenters. The van der Waals surface area contributed by atoms with Gasteiger partial charge in [-0.1, -0.05) is 11.6 Å². The highest BCUT2D eigenvalue weighted by Crippen LogP contribution is 2.15. The summed E-state index contributed by atoms with van der Waals surface area (Å²) in [5.41, 5.74) is -0.775. The van der Waals surface area contributed by atoms with Crippen LogP contribution in [0.5, 0.6) is 0 Å². The highest BCUT2D eigenvalue weighted by Gasteiger charge is 2.30. The van der Waals surface area contributed by atoms with Gasteiger partial charge in [0.1, 0.15) is 0 Å². The summed E-state index contributed by atoms with van der Waals surface area (Å²) in [5, 5.41) is 13.3. The van der Waals surface area contributed by atoms with Gasteiger partial charge in [0.05, 0.1) is 13.7 Å². The van der Waals surface area contributed by atoms with Crippen molar-refractivity contribution in [3.63, 3.8) is 0 Å². The van der Waals surface area contributed by atoms with Crippen LogP contribution >= 0.6 is 11.6 Å². The molecule has 1 unspecified atom stereocenters. The number of nitrogens with one attached hydrogen (secondary N) is 1. The molecule has 0 saturated carbocycles. The van der Waals surface area contributed by atoms with Gasteiger partial charge in [0.15, 0.2) is 5.60 Å². The van der Waals surface area contributed by atoms with Crippen molar-refractivity contribution in [1.82, 2.24) is 0 Å². The van der Waals surface area contributed by atoms with Crippen LogP contribution in [0.3, 0.4) is 0 Å². The van der Waals surface area contributed by atoms with Crippen LogP contribution in [-0.2, 0) is 9.53 Å². The van der Waals surface area contributed by atoms with E-state index in [2.05, 4.69) is 10.1 Å². The molecular weight excluding hydrogens is 230 g/mol. The Hall–Kier alpha value is -1.26. The monoisotopic (exact) mass is 243 g/mol. The molecule has 0 heterocycles. The summed E-state index contributed by atoms with van der Waals surface area (Å²) in [6.45, 7) is 1.46. The Morgan fingerprint density at radius 1 is 1.50 bits per heavy atom. The van der Waals surface area contributed by atoms with E-state index in [9.17, 15) is 9.90 Å². The Kier molecular flexibility index (Phi) is 4.15. The van der Waals surface area contributed by atoms with Crippen LogP contribution in [0.2, 0.25) is 5.02 Å². The third-order valence-corrected chi connectivity index (χ3v) is 2.36. The van der Waals surface area contributed by atoms with Gasteiger partial charge in [-0.3, -0.25) is 0 Å². The number of benzene rings is 1. The summed E-state index contributed by atoms with van der Waals surface area (Å²) >= 11 is 5.72. The number of aliphatic hydroxyl groups is 1. The summed E-state index contributed by atoms with van der Waals surface area (Å²) in [7, 11) is 1.24. The molecule has 0 spiro atoms. The second-order valence-electron chi connectivity index (χ2n) is 3.63. The number of esters is 1. The quantitative estimate of drug-likeness (QED) is 0.790. The average Bonchev–Trinajstić information content (AvgIpc) is 2.27. The maximum atomic E-state index is 11.2. The molecule has 0 aliphatic heterocycles. The van der Waals surface area contributed by atoms with E-state index in [1.54, 1.807) is 24.3 Å². The number of hydrogen-bond donors (Lipinski definition) is 2. The van der Waals surface area contributed by atoms with Crippen molar-refractivity contribution in [3.8, 4) is 0 Å². The van der Waals surface area contributed by atoms with Crippen molar-refractivity contribution in [2.24, 2.45) is 0 Å². The zero-order valence-corrected chi connectivity index (χ0v) is 9.91. The summed E-state index contributed by atoms with van der Waals surface area (Å²) in [5.74, 6) is -0.672. The predicted molar refractivity (Wildman–Crippen MR) is 62.6 cm³/mol. The summed E-state index contributed by atoms with van der Waals surface area (Å²) < 4.78 is 4.47. The normalized spacial score (nSPS) is 14.0. The lowest BCUT2D eigenvalue weighted by atomic mass is 10.1. The number of rotatable bonds is 4. The fourth-order valence-electron chi connectivity index (χ4n) is 1.13. The fourth-order valence-corrected chi connectivity index (χ4v) is 1.26. The molecule has 0 saturated heterocycles. The number of carbonyl (C=O) groups is 1. The first-order chi connectivity index (χ1) is 7.45. The smallest absolute Gasteiger partial charge is 0.339 e. The first-order valence-electron chi connectivity index (χ1n) is 4.76. The molecule has 0 fully saturated rings. The van der Waals surface area contributed by atoms with Crippen molar-refractivity contribution in [2.75, 3.05) is 19.0 Å². The van der Waals surface area contributed by atoms with E-state index in [1.165, 1.54) is 14.0 Å². The van der Waals surface area contributed by atoms with Crippen LogP contribution in [0, 0.1) is 0 Å².